The number of hydrogen-bond acceptors (Lipinski definition) is 7. The van der Waals surface area contributed by atoms with Gasteiger partial charge in [0.2, 0.25) is 27.6 Å². The lowest BCUT2D eigenvalue weighted by Crippen LogP contribution is -2.65. The van der Waals surface area contributed by atoms with Crippen molar-refractivity contribution in [2.45, 2.75) is 135 Å². The fraction of sp³-hybridized carbons (Fsp3) is 0.853. The van der Waals surface area contributed by atoms with Crippen molar-refractivity contribution in [3.8, 4) is 0 Å². The average molecular weight is 729 g/mol. The number of urea groups is 1. The highest BCUT2D eigenvalue weighted by Gasteiger charge is 2.70. The maximum atomic E-state index is 14.4. The molecule has 2 saturated heterocycles. The van der Waals surface area contributed by atoms with Gasteiger partial charge in [-0.15, -0.1) is 0 Å². The summed E-state index contributed by atoms with van der Waals surface area (Å²) in [6.45, 7) is 9.69. The van der Waals surface area contributed by atoms with E-state index in [1.54, 1.807) is 20.8 Å². The summed E-state index contributed by atoms with van der Waals surface area (Å²) in [5.74, 6) is -6.25. The summed E-state index contributed by atoms with van der Waals surface area (Å²) in [7, 11) is -4.10. The minimum absolute atomic E-state index is 0.0136. The molecular weight excluding hydrogens is 674 g/mol. The third-order valence-corrected chi connectivity index (χ3v) is 13.3. The Morgan fingerprint density at radius 2 is 1.58 bits per heavy atom. The first-order valence-corrected chi connectivity index (χ1v) is 19.6. The van der Waals surface area contributed by atoms with Crippen LogP contribution in [0.4, 0.5) is 13.6 Å². The van der Waals surface area contributed by atoms with Crippen LogP contribution in [0, 0.1) is 22.7 Å². The number of Topliss-reactive ketones (excluding diaryl/α,β-unsaturated/α-hetero) is 1. The van der Waals surface area contributed by atoms with Crippen LogP contribution in [0.2, 0.25) is 0 Å². The number of sulfonamides is 1. The number of likely N-dealkylation sites (tertiary alicyclic amines) is 1. The number of carbonyl (C=O) groups is 5. The highest BCUT2D eigenvalue weighted by Crippen LogP contribution is 2.65. The zero-order chi connectivity index (χ0) is 37.0. The predicted octanol–water partition coefficient (Wildman–Crippen LogP) is 2.30. The van der Waals surface area contributed by atoms with E-state index in [4.69, 9.17) is 0 Å². The van der Waals surface area contributed by atoms with Gasteiger partial charge in [-0.3, -0.25) is 19.2 Å². The first-order chi connectivity index (χ1) is 23.1. The standard InChI is InChI=1S/C34H54F2N6O7S/c1-7-11-22(25(43)28(45)37-20-12-13-20)38-27(44)24-23-21(32(23,5)6)16-42(24)29(46)26(31(2,3)4)39-30(47)40-33(14-9-8-10-15-33)19-50(48,49)41-17-34(35,36)18-41/h20-24,26H,7-19H2,1-6H3,(H,37,45)(H,38,44)(H2,39,40,47)/t21-,22-,23-,24-,26+/m0/s1. The Kier molecular flexibility index (Phi) is 10.4. The van der Waals surface area contributed by atoms with Crippen LogP contribution in [0.25, 0.3) is 0 Å². The fourth-order valence-electron chi connectivity index (χ4n) is 8.13. The molecule has 16 heteroatoms. The van der Waals surface area contributed by atoms with Gasteiger partial charge in [0.05, 0.1) is 30.4 Å². The SMILES string of the molecule is CCC[C@H](NC(=O)[C@@H]1[C@@H]2[C@H](CN1C(=O)[C@@H](NC(=O)NC1(CS(=O)(=O)N3CC(F)(F)C3)CCCCC1)C(C)(C)C)C2(C)C)C(=O)C(=O)NC1CC1. The van der Waals surface area contributed by atoms with Crippen LogP contribution in [0.1, 0.15) is 99.3 Å². The van der Waals surface area contributed by atoms with E-state index in [1.165, 1.54) is 4.90 Å². The largest absolute Gasteiger partial charge is 0.347 e. The van der Waals surface area contributed by atoms with E-state index in [9.17, 15) is 41.2 Å². The van der Waals surface area contributed by atoms with Crippen LogP contribution in [-0.2, 0) is 29.2 Å². The first-order valence-electron chi connectivity index (χ1n) is 18.0. The second-order valence-corrected chi connectivity index (χ2v) is 18.9. The van der Waals surface area contributed by atoms with Crippen molar-refractivity contribution < 1.29 is 41.2 Å². The van der Waals surface area contributed by atoms with Crippen molar-refractivity contribution in [1.29, 1.82) is 0 Å². The third kappa shape index (κ3) is 8.10. The molecule has 0 aromatic heterocycles. The fourth-order valence-corrected chi connectivity index (χ4v) is 10.1. The Bertz CT molecular complexity index is 1480. The van der Waals surface area contributed by atoms with E-state index in [-0.39, 0.29) is 36.3 Å². The maximum Gasteiger partial charge on any atom is 0.315 e. The van der Waals surface area contributed by atoms with Gasteiger partial charge in [0.15, 0.2) is 0 Å². The summed E-state index contributed by atoms with van der Waals surface area (Å²) in [6.07, 6.45) is 5.19. The lowest BCUT2D eigenvalue weighted by molar-refractivity contribution is -0.145. The Balaban J connectivity index is 1.31. The molecule has 2 heterocycles. The molecule has 0 radical (unpaired) electrons. The lowest BCUT2D eigenvalue weighted by Gasteiger charge is -2.43. The van der Waals surface area contributed by atoms with Crippen LogP contribution in [0.5, 0.6) is 0 Å². The molecule has 4 N–H and O–H groups in total. The van der Waals surface area contributed by atoms with Crippen molar-refractivity contribution in [2.75, 3.05) is 25.4 Å². The summed E-state index contributed by atoms with van der Waals surface area (Å²) >= 11 is 0. The van der Waals surface area contributed by atoms with E-state index in [0.29, 0.717) is 32.1 Å². The molecular formula is C34H54F2N6O7S. The van der Waals surface area contributed by atoms with Gasteiger partial charge in [-0.05, 0) is 54.8 Å². The molecule has 0 unspecified atom stereocenters. The number of carbonyl (C=O) groups excluding carboxylic acids is 5. The molecule has 0 spiro atoms. The molecule has 3 aliphatic carbocycles. The van der Waals surface area contributed by atoms with Crippen molar-refractivity contribution in [3.05, 3.63) is 0 Å². The van der Waals surface area contributed by atoms with Crippen molar-refractivity contribution in [1.82, 2.24) is 30.5 Å². The zero-order valence-corrected chi connectivity index (χ0v) is 30.9. The quantitative estimate of drug-likeness (QED) is 0.211. The van der Waals surface area contributed by atoms with Gasteiger partial charge in [-0.25, -0.2) is 22.0 Å². The van der Waals surface area contributed by atoms with Crippen LogP contribution in [0.15, 0.2) is 0 Å². The zero-order valence-electron chi connectivity index (χ0n) is 30.1. The molecule has 5 amide bonds. The summed E-state index contributed by atoms with van der Waals surface area (Å²) in [5.41, 5.74) is -2.28. The molecule has 3 saturated carbocycles. The number of rotatable bonds is 13. The second-order valence-electron chi connectivity index (χ2n) is 17.0. The Hall–Kier alpha value is -2.88. The summed E-state index contributed by atoms with van der Waals surface area (Å²) < 4.78 is 54.1. The Morgan fingerprint density at radius 3 is 2.12 bits per heavy atom. The van der Waals surface area contributed by atoms with Crippen molar-refractivity contribution in [3.63, 3.8) is 0 Å². The lowest BCUT2D eigenvalue weighted by atomic mass is 9.83. The van der Waals surface area contributed by atoms with Crippen LogP contribution < -0.4 is 21.3 Å². The van der Waals surface area contributed by atoms with E-state index in [1.807, 2.05) is 20.8 Å². The van der Waals surface area contributed by atoms with E-state index in [2.05, 4.69) is 21.3 Å². The number of fused-ring (bicyclic) bond motifs is 1. The molecule has 0 bridgehead atoms. The smallest absolute Gasteiger partial charge is 0.315 e. The van der Waals surface area contributed by atoms with E-state index in [0.717, 1.165) is 23.6 Å². The summed E-state index contributed by atoms with van der Waals surface area (Å²) in [6, 6.07) is -3.88. The molecule has 5 atom stereocenters. The number of halogens is 2. The highest BCUT2D eigenvalue weighted by atomic mass is 32.2. The van der Waals surface area contributed by atoms with Crippen LogP contribution in [0.3, 0.4) is 0 Å². The third-order valence-electron chi connectivity index (χ3n) is 11.4. The predicted molar refractivity (Wildman–Crippen MR) is 180 cm³/mol. The molecule has 5 fully saturated rings. The number of piperidine rings is 1. The van der Waals surface area contributed by atoms with E-state index >= 15 is 0 Å². The van der Waals surface area contributed by atoms with Gasteiger partial charge in [-0.2, -0.15) is 4.31 Å². The Labute approximate surface area is 293 Å². The van der Waals surface area contributed by atoms with Crippen molar-refractivity contribution >= 4 is 39.6 Å². The molecule has 0 aromatic carbocycles. The average Bonchev–Trinajstić information content (AvgIpc) is 3.84. The molecule has 2 aliphatic heterocycles. The summed E-state index contributed by atoms with van der Waals surface area (Å²) in [4.78, 5) is 69.2. The normalized spacial score (nSPS) is 27.9. The second kappa shape index (κ2) is 13.6. The van der Waals surface area contributed by atoms with Gasteiger partial charge in [0.25, 0.3) is 11.8 Å². The number of hydrogen-bond donors (Lipinski definition) is 4. The van der Waals surface area contributed by atoms with E-state index < -0.39 is 93.4 Å². The van der Waals surface area contributed by atoms with Gasteiger partial charge in [-0.1, -0.05) is 67.2 Å². The number of amides is 5. The minimum Gasteiger partial charge on any atom is -0.347 e. The van der Waals surface area contributed by atoms with Gasteiger partial charge < -0.3 is 26.2 Å². The number of alkyl halides is 2. The van der Waals surface area contributed by atoms with Gasteiger partial charge >= 0.3 is 6.03 Å². The molecule has 0 aromatic rings. The van der Waals surface area contributed by atoms with Crippen LogP contribution >= 0.6 is 0 Å². The number of ketones is 1. The molecule has 13 nitrogen and oxygen atoms in total. The molecule has 5 rings (SSSR count). The molecule has 5 aliphatic rings. The van der Waals surface area contributed by atoms with Gasteiger partial charge in [0.1, 0.15) is 12.1 Å². The number of nitrogens with zero attached hydrogens (tertiary/aromatic N) is 2. The Morgan fingerprint density at radius 1 is 0.960 bits per heavy atom. The molecule has 50 heavy (non-hydrogen) atoms. The highest BCUT2D eigenvalue weighted by molar-refractivity contribution is 7.89. The van der Waals surface area contributed by atoms with Crippen LogP contribution in [-0.4, -0.2) is 108 Å². The minimum atomic E-state index is -4.10. The van der Waals surface area contributed by atoms with Gasteiger partial charge in [0, 0.05) is 12.6 Å². The molecule has 282 valence electrons. The maximum absolute atomic E-state index is 14.4. The summed E-state index contributed by atoms with van der Waals surface area (Å²) in [5, 5.41) is 11.1. The van der Waals surface area contributed by atoms with Crippen molar-refractivity contribution in [2.24, 2.45) is 22.7 Å². The topological polar surface area (TPSA) is 174 Å². The first kappa shape index (κ1) is 38.4. The number of nitrogens with one attached hydrogen (secondary N) is 4. The monoisotopic (exact) mass is 728 g/mol.